The van der Waals surface area contributed by atoms with Crippen molar-refractivity contribution in [3.63, 3.8) is 0 Å². The number of rotatable bonds is 15. The van der Waals surface area contributed by atoms with E-state index >= 15 is 0 Å². The average molecular weight is 308 g/mol. The van der Waals surface area contributed by atoms with Crippen LogP contribution in [0.4, 0.5) is 0 Å². The second-order valence-electron chi connectivity index (χ2n) is 5.58. The maximum Gasteiger partial charge on any atom is 0.234 e. The molecular weight excluding hydrogens is 278 g/mol. The van der Waals surface area contributed by atoms with Crippen molar-refractivity contribution in [2.45, 2.75) is 83.6 Å². The molecule has 1 atom stereocenters. The fourth-order valence-corrected chi connectivity index (χ4v) is 2.17. The van der Waals surface area contributed by atoms with Gasteiger partial charge in [-0.05, 0) is 38.2 Å². The van der Waals surface area contributed by atoms with Crippen molar-refractivity contribution < 1.29 is 9.72 Å². The first-order valence-corrected chi connectivity index (χ1v) is 8.52. The van der Waals surface area contributed by atoms with Crippen LogP contribution in [-0.4, -0.2) is 17.3 Å². The first-order valence-electron chi connectivity index (χ1n) is 8.52. The predicted molar refractivity (Wildman–Crippen MR) is 91.2 cm³/mol. The lowest BCUT2D eigenvalue weighted by Crippen LogP contribution is -2.15. The van der Waals surface area contributed by atoms with Crippen LogP contribution in [0.5, 0.6) is 0 Å². The highest BCUT2D eigenvalue weighted by Crippen LogP contribution is 2.08. The molecule has 0 rings (SSSR count). The van der Waals surface area contributed by atoms with Gasteiger partial charge in [-0.15, -0.1) is 0 Å². The molecule has 0 N–H and O–H groups in total. The highest BCUT2D eigenvalue weighted by molar-refractivity contribution is 5.50. The van der Waals surface area contributed by atoms with Gasteiger partial charge >= 0.3 is 0 Å². The fourth-order valence-electron chi connectivity index (χ4n) is 2.17. The minimum atomic E-state index is -0.605. The van der Waals surface area contributed by atoms with Crippen molar-refractivity contribution in [2.75, 3.05) is 0 Å². The summed E-state index contributed by atoms with van der Waals surface area (Å²) < 4.78 is 0. The van der Waals surface area contributed by atoms with Gasteiger partial charge < -0.3 is 0 Å². The van der Waals surface area contributed by atoms with Crippen molar-refractivity contribution >= 4 is 6.29 Å². The van der Waals surface area contributed by atoms with E-state index in [1.807, 2.05) is 18.4 Å². The van der Waals surface area contributed by atoms with E-state index in [4.69, 9.17) is 0 Å². The molecule has 0 saturated heterocycles. The Bertz CT molecular complexity index is 337. The second-order valence-corrected chi connectivity index (χ2v) is 5.58. The van der Waals surface area contributed by atoms with Crippen molar-refractivity contribution in [1.82, 2.24) is 0 Å². The van der Waals surface area contributed by atoms with Gasteiger partial charge in [0.25, 0.3) is 0 Å². The van der Waals surface area contributed by atoms with E-state index in [1.165, 1.54) is 12.8 Å². The lowest BCUT2D eigenvalue weighted by molar-refractivity contribution is -0.508. The molecule has 0 heterocycles. The van der Waals surface area contributed by atoms with E-state index < -0.39 is 6.04 Å². The smallest absolute Gasteiger partial charge is 0.234 e. The first-order chi connectivity index (χ1) is 10.7. The molecule has 0 aromatic rings. The largest absolute Gasteiger partial charge is 0.291 e. The molecule has 1 radical (unpaired) electrons. The van der Waals surface area contributed by atoms with Gasteiger partial charge in [0, 0.05) is 17.8 Å². The average Bonchev–Trinajstić information content (AvgIpc) is 2.50. The highest BCUT2D eigenvalue weighted by Gasteiger charge is 2.12. The first kappa shape index (κ1) is 20.6. The van der Waals surface area contributed by atoms with Crippen LogP contribution >= 0.6 is 0 Å². The third-order valence-electron chi connectivity index (χ3n) is 3.55. The maximum atomic E-state index is 11.0. The Morgan fingerprint density at radius 2 is 1.68 bits per heavy atom. The second kappa shape index (κ2) is 15.9. The monoisotopic (exact) mass is 308 g/mol. The van der Waals surface area contributed by atoms with Gasteiger partial charge in [0.05, 0.1) is 0 Å². The van der Waals surface area contributed by atoms with Crippen LogP contribution < -0.4 is 0 Å². The Hall–Kier alpha value is -1.45. The molecule has 0 bridgehead atoms. The fraction of sp³-hybridized carbons (Fsp3) is 0.722. The van der Waals surface area contributed by atoms with E-state index in [0.29, 0.717) is 12.8 Å². The maximum absolute atomic E-state index is 11.0. The van der Waals surface area contributed by atoms with Gasteiger partial charge in [-0.3, -0.25) is 14.9 Å². The summed E-state index contributed by atoms with van der Waals surface area (Å²) in [6.07, 6.45) is 20.0. The molecule has 0 spiro atoms. The predicted octanol–water partition coefficient (Wildman–Crippen LogP) is 5.16. The third kappa shape index (κ3) is 13.5. The van der Waals surface area contributed by atoms with Crippen molar-refractivity contribution in [1.29, 1.82) is 0 Å². The van der Waals surface area contributed by atoms with Crippen molar-refractivity contribution in [3.8, 4) is 0 Å². The molecule has 0 amide bonds. The Morgan fingerprint density at radius 3 is 2.36 bits per heavy atom. The molecule has 0 aliphatic carbocycles. The number of hydrogen-bond donors (Lipinski definition) is 0. The van der Waals surface area contributed by atoms with E-state index in [1.54, 1.807) is 6.08 Å². The topological polar surface area (TPSA) is 60.2 Å². The summed E-state index contributed by atoms with van der Waals surface area (Å²) >= 11 is 0. The molecule has 22 heavy (non-hydrogen) atoms. The van der Waals surface area contributed by atoms with Crippen LogP contribution in [0, 0.1) is 10.1 Å². The summed E-state index contributed by atoms with van der Waals surface area (Å²) in [5.41, 5.74) is 0. The summed E-state index contributed by atoms with van der Waals surface area (Å²) in [6.45, 7) is 2.16. The molecule has 125 valence electrons. The third-order valence-corrected chi connectivity index (χ3v) is 3.55. The van der Waals surface area contributed by atoms with Gasteiger partial charge in [-0.25, -0.2) is 0 Å². The van der Waals surface area contributed by atoms with Gasteiger partial charge in [0.15, 0.2) is 6.29 Å². The SMILES string of the molecule is CCCCC/C=C\CC(/C=C/CCCCCC[C]=O)[N+](=O)[O-]. The molecule has 0 aliphatic rings. The zero-order chi connectivity index (χ0) is 16.5. The van der Waals surface area contributed by atoms with Crippen LogP contribution in [-0.2, 0) is 4.79 Å². The van der Waals surface area contributed by atoms with E-state index in [2.05, 4.69) is 13.0 Å². The Balaban J connectivity index is 3.81. The lowest BCUT2D eigenvalue weighted by atomic mass is 10.1. The number of nitro groups is 1. The zero-order valence-corrected chi connectivity index (χ0v) is 13.8. The summed E-state index contributed by atoms with van der Waals surface area (Å²) in [6, 6.07) is -0.605. The molecule has 0 aliphatic heterocycles. The summed E-state index contributed by atoms with van der Waals surface area (Å²) in [7, 11) is 0. The number of allylic oxidation sites excluding steroid dienone is 2. The molecule has 4 nitrogen and oxygen atoms in total. The quantitative estimate of drug-likeness (QED) is 0.181. The number of carbonyl (C=O) groups excluding carboxylic acids is 1. The van der Waals surface area contributed by atoms with E-state index in [-0.39, 0.29) is 4.92 Å². The summed E-state index contributed by atoms with van der Waals surface area (Å²) in [5.74, 6) is 0. The highest BCUT2D eigenvalue weighted by atomic mass is 16.6. The molecule has 0 saturated carbocycles. The molecule has 4 heteroatoms. The standard InChI is InChI=1S/C18H30NO3/c1-2-3-4-5-9-12-15-18(19(21)22)16-13-10-7-6-8-11-14-17-20/h9,12-13,16,18H,2-8,10-11,14-15H2,1H3/b12-9-,16-13+. The van der Waals surface area contributed by atoms with Crippen molar-refractivity contribution in [2.24, 2.45) is 0 Å². The Morgan fingerprint density at radius 1 is 1.00 bits per heavy atom. The number of unbranched alkanes of at least 4 members (excludes halogenated alkanes) is 8. The van der Waals surface area contributed by atoms with Crippen molar-refractivity contribution in [3.05, 3.63) is 34.4 Å². The van der Waals surface area contributed by atoms with Gasteiger partial charge in [-0.2, -0.15) is 0 Å². The minimum absolute atomic E-state index is 0.215. The molecule has 1 unspecified atom stereocenters. The van der Waals surface area contributed by atoms with Gasteiger partial charge in [0.1, 0.15) is 0 Å². The number of nitrogens with zero attached hydrogens (tertiary/aromatic N) is 1. The van der Waals surface area contributed by atoms with E-state index in [0.717, 1.165) is 44.9 Å². The van der Waals surface area contributed by atoms with Gasteiger partial charge in [-0.1, -0.05) is 50.8 Å². The minimum Gasteiger partial charge on any atom is -0.291 e. The summed E-state index contributed by atoms with van der Waals surface area (Å²) in [4.78, 5) is 20.8. The molecule has 0 aromatic heterocycles. The number of hydrogen-bond acceptors (Lipinski definition) is 3. The van der Waals surface area contributed by atoms with E-state index in [9.17, 15) is 14.9 Å². The van der Waals surface area contributed by atoms with Crippen LogP contribution in [0.1, 0.15) is 77.6 Å². The lowest BCUT2D eigenvalue weighted by Gasteiger charge is -2.01. The Labute approximate surface area is 134 Å². The molecule has 0 aromatic carbocycles. The summed E-state index contributed by atoms with van der Waals surface area (Å²) in [5, 5.41) is 11.0. The normalized spacial score (nSPS) is 13.0. The van der Waals surface area contributed by atoms with Crippen LogP contribution in [0.25, 0.3) is 0 Å². The van der Waals surface area contributed by atoms with Crippen LogP contribution in [0.3, 0.4) is 0 Å². The molecule has 0 fully saturated rings. The van der Waals surface area contributed by atoms with Crippen LogP contribution in [0.2, 0.25) is 0 Å². The Kier molecular flexibility index (Phi) is 14.9. The van der Waals surface area contributed by atoms with Crippen LogP contribution in [0.15, 0.2) is 24.3 Å². The zero-order valence-electron chi connectivity index (χ0n) is 13.8. The van der Waals surface area contributed by atoms with Gasteiger partial charge in [0.2, 0.25) is 6.04 Å². The molecular formula is C18H30NO3.